The summed E-state index contributed by atoms with van der Waals surface area (Å²) in [5, 5.41) is 8.85. The van der Waals surface area contributed by atoms with Gasteiger partial charge in [0.2, 0.25) is 0 Å². The number of ether oxygens (including phenoxy) is 3. The molecule has 0 aromatic rings. The Kier molecular flexibility index (Phi) is 7.16. The Morgan fingerprint density at radius 2 is 2.35 bits per heavy atom. The van der Waals surface area contributed by atoms with E-state index < -0.39 is 12.1 Å². The van der Waals surface area contributed by atoms with Gasteiger partial charge in [0.05, 0.1) is 12.7 Å². The van der Waals surface area contributed by atoms with Gasteiger partial charge in [-0.25, -0.2) is 4.79 Å². The van der Waals surface area contributed by atoms with Crippen molar-refractivity contribution in [2.75, 3.05) is 26.4 Å². The van der Waals surface area contributed by atoms with E-state index in [1.54, 1.807) is 6.92 Å². The zero-order chi connectivity index (χ0) is 12.5. The van der Waals surface area contributed by atoms with Gasteiger partial charge in [0.1, 0.15) is 0 Å². The minimum Gasteiger partial charge on any atom is -0.479 e. The molecule has 100 valence electrons. The highest BCUT2D eigenvalue weighted by molar-refractivity contribution is 5.72. The quantitative estimate of drug-likeness (QED) is 0.657. The van der Waals surface area contributed by atoms with Crippen LogP contribution in [0.15, 0.2) is 0 Å². The first kappa shape index (κ1) is 14.4. The third kappa shape index (κ3) is 6.00. The van der Waals surface area contributed by atoms with Gasteiger partial charge in [-0.2, -0.15) is 0 Å². The van der Waals surface area contributed by atoms with E-state index in [9.17, 15) is 4.79 Å². The van der Waals surface area contributed by atoms with Crippen molar-refractivity contribution in [3.05, 3.63) is 0 Å². The lowest BCUT2D eigenvalue weighted by Gasteiger charge is -2.22. The molecule has 1 aliphatic heterocycles. The molecule has 17 heavy (non-hydrogen) atoms. The molecule has 1 aliphatic rings. The SMILES string of the molecule is CCOC(CCOCC1CCCCO1)C(=O)O. The fraction of sp³-hybridized carbons (Fsp3) is 0.917. The predicted octanol–water partition coefficient (Wildman–Crippen LogP) is 1.45. The minimum atomic E-state index is -0.927. The molecule has 0 saturated carbocycles. The molecule has 1 fully saturated rings. The molecule has 0 amide bonds. The van der Waals surface area contributed by atoms with Crippen LogP contribution < -0.4 is 0 Å². The lowest BCUT2D eigenvalue weighted by atomic mass is 10.1. The van der Waals surface area contributed by atoms with Crippen molar-refractivity contribution < 1.29 is 24.1 Å². The average Bonchev–Trinajstić information content (AvgIpc) is 2.34. The highest BCUT2D eigenvalue weighted by Gasteiger charge is 2.18. The number of hydrogen-bond donors (Lipinski definition) is 1. The summed E-state index contributed by atoms with van der Waals surface area (Å²) in [6, 6.07) is 0. The third-order valence-electron chi connectivity index (χ3n) is 2.75. The van der Waals surface area contributed by atoms with Gasteiger partial charge < -0.3 is 19.3 Å². The van der Waals surface area contributed by atoms with Crippen molar-refractivity contribution >= 4 is 5.97 Å². The van der Waals surface area contributed by atoms with Crippen LogP contribution in [0.3, 0.4) is 0 Å². The van der Waals surface area contributed by atoms with Gasteiger partial charge in [-0.05, 0) is 26.2 Å². The molecule has 0 aromatic carbocycles. The maximum absolute atomic E-state index is 10.8. The van der Waals surface area contributed by atoms with Crippen molar-refractivity contribution in [2.45, 2.75) is 44.8 Å². The molecule has 0 radical (unpaired) electrons. The van der Waals surface area contributed by atoms with Crippen LogP contribution in [0, 0.1) is 0 Å². The monoisotopic (exact) mass is 246 g/mol. The molecule has 2 atom stereocenters. The first-order valence-electron chi connectivity index (χ1n) is 6.27. The number of carboxylic acids is 1. The molecule has 0 spiro atoms. The first-order valence-corrected chi connectivity index (χ1v) is 6.27. The van der Waals surface area contributed by atoms with Gasteiger partial charge in [0.25, 0.3) is 0 Å². The van der Waals surface area contributed by atoms with E-state index in [4.69, 9.17) is 19.3 Å². The molecule has 2 unspecified atom stereocenters. The number of rotatable bonds is 8. The van der Waals surface area contributed by atoms with E-state index in [-0.39, 0.29) is 6.10 Å². The van der Waals surface area contributed by atoms with Gasteiger partial charge in [-0.1, -0.05) is 0 Å². The van der Waals surface area contributed by atoms with Crippen molar-refractivity contribution in [1.82, 2.24) is 0 Å². The van der Waals surface area contributed by atoms with E-state index >= 15 is 0 Å². The molecule has 0 aromatic heterocycles. The molecule has 5 heteroatoms. The molecule has 1 N–H and O–H groups in total. The fourth-order valence-corrected chi connectivity index (χ4v) is 1.82. The van der Waals surface area contributed by atoms with Crippen LogP contribution in [-0.4, -0.2) is 49.7 Å². The standard InChI is InChI=1S/C12H22O5/c1-2-16-11(12(13)14)6-8-15-9-10-5-3-4-7-17-10/h10-11H,2-9H2,1H3,(H,13,14). The Morgan fingerprint density at radius 1 is 1.53 bits per heavy atom. The van der Waals surface area contributed by atoms with Gasteiger partial charge in [0, 0.05) is 26.2 Å². The van der Waals surface area contributed by atoms with E-state index in [0.29, 0.717) is 26.2 Å². The number of carboxylic acid groups (broad SMARTS) is 1. The number of aliphatic carboxylic acids is 1. The molecule has 1 saturated heterocycles. The Labute approximate surface area is 102 Å². The molecular formula is C12H22O5. The molecule has 1 rings (SSSR count). The van der Waals surface area contributed by atoms with Gasteiger partial charge in [-0.15, -0.1) is 0 Å². The summed E-state index contributed by atoms with van der Waals surface area (Å²) in [5.41, 5.74) is 0. The zero-order valence-corrected chi connectivity index (χ0v) is 10.4. The third-order valence-corrected chi connectivity index (χ3v) is 2.75. The average molecular weight is 246 g/mol. The summed E-state index contributed by atoms with van der Waals surface area (Å²) in [6.45, 7) is 3.95. The van der Waals surface area contributed by atoms with Crippen molar-refractivity contribution in [2.24, 2.45) is 0 Å². The smallest absolute Gasteiger partial charge is 0.332 e. The summed E-state index contributed by atoms with van der Waals surface area (Å²) in [5.74, 6) is -0.927. The molecule has 0 aliphatic carbocycles. The van der Waals surface area contributed by atoms with E-state index in [2.05, 4.69) is 0 Å². The zero-order valence-electron chi connectivity index (χ0n) is 10.4. The van der Waals surface area contributed by atoms with Crippen molar-refractivity contribution in [3.63, 3.8) is 0 Å². The summed E-state index contributed by atoms with van der Waals surface area (Å²) >= 11 is 0. The van der Waals surface area contributed by atoms with E-state index in [0.717, 1.165) is 19.4 Å². The van der Waals surface area contributed by atoms with Gasteiger partial charge >= 0.3 is 5.97 Å². The molecule has 5 nitrogen and oxygen atoms in total. The van der Waals surface area contributed by atoms with Crippen LogP contribution in [0.4, 0.5) is 0 Å². The van der Waals surface area contributed by atoms with Crippen LogP contribution in [0.1, 0.15) is 32.6 Å². The van der Waals surface area contributed by atoms with Gasteiger partial charge in [0.15, 0.2) is 6.10 Å². The van der Waals surface area contributed by atoms with Crippen LogP contribution in [0.2, 0.25) is 0 Å². The Hall–Kier alpha value is -0.650. The number of carbonyl (C=O) groups is 1. The lowest BCUT2D eigenvalue weighted by Crippen LogP contribution is -2.28. The van der Waals surface area contributed by atoms with E-state index in [1.165, 1.54) is 6.42 Å². The molecular weight excluding hydrogens is 224 g/mol. The summed E-state index contributed by atoms with van der Waals surface area (Å²) in [4.78, 5) is 10.8. The highest BCUT2D eigenvalue weighted by atomic mass is 16.5. The van der Waals surface area contributed by atoms with Crippen LogP contribution in [0.5, 0.6) is 0 Å². The van der Waals surface area contributed by atoms with Crippen LogP contribution >= 0.6 is 0 Å². The van der Waals surface area contributed by atoms with Crippen molar-refractivity contribution in [3.8, 4) is 0 Å². The summed E-state index contributed by atoms with van der Waals surface area (Å²) in [6.07, 6.45) is 3.16. The minimum absolute atomic E-state index is 0.180. The Morgan fingerprint density at radius 3 is 2.94 bits per heavy atom. The number of hydrogen-bond acceptors (Lipinski definition) is 4. The Bertz CT molecular complexity index is 213. The summed E-state index contributed by atoms with van der Waals surface area (Å²) < 4.78 is 16.0. The Balaban J connectivity index is 2.06. The van der Waals surface area contributed by atoms with Crippen molar-refractivity contribution in [1.29, 1.82) is 0 Å². The first-order chi connectivity index (χ1) is 8.24. The second-order valence-corrected chi connectivity index (χ2v) is 4.13. The maximum atomic E-state index is 10.8. The predicted molar refractivity (Wildman–Crippen MR) is 62.1 cm³/mol. The lowest BCUT2D eigenvalue weighted by molar-refractivity contribution is -0.151. The molecule has 1 heterocycles. The van der Waals surface area contributed by atoms with Crippen LogP contribution in [0.25, 0.3) is 0 Å². The maximum Gasteiger partial charge on any atom is 0.332 e. The fourth-order valence-electron chi connectivity index (χ4n) is 1.82. The van der Waals surface area contributed by atoms with E-state index in [1.807, 2.05) is 0 Å². The topological polar surface area (TPSA) is 65.0 Å². The van der Waals surface area contributed by atoms with Crippen LogP contribution in [-0.2, 0) is 19.0 Å². The second kappa shape index (κ2) is 8.44. The largest absolute Gasteiger partial charge is 0.479 e. The normalized spacial score (nSPS) is 22.3. The second-order valence-electron chi connectivity index (χ2n) is 4.13. The highest BCUT2D eigenvalue weighted by Crippen LogP contribution is 2.13. The van der Waals surface area contributed by atoms with Gasteiger partial charge in [-0.3, -0.25) is 0 Å². The summed E-state index contributed by atoms with van der Waals surface area (Å²) in [7, 11) is 0. The molecule has 0 bridgehead atoms.